The quantitative estimate of drug-likeness (QED) is 0.480. The number of benzene rings is 1. The third-order valence-electron chi connectivity index (χ3n) is 6.32. The molecule has 1 unspecified atom stereocenters. The minimum atomic E-state index is -0.494. The summed E-state index contributed by atoms with van der Waals surface area (Å²) >= 11 is 0. The lowest BCUT2D eigenvalue weighted by molar-refractivity contribution is -0.134. The zero-order valence-electron chi connectivity index (χ0n) is 16.5. The monoisotopic (exact) mass is 373 g/mol. The average Bonchev–Trinajstić information content (AvgIpc) is 2.66. The molecule has 6 heteroatoms. The fraction of sp³-hybridized carbons (Fsp3) is 0.619. The van der Waals surface area contributed by atoms with E-state index in [4.69, 9.17) is 5.21 Å². The fourth-order valence-corrected chi connectivity index (χ4v) is 4.17. The van der Waals surface area contributed by atoms with Gasteiger partial charge in [0.25, 0.3) is 0 Å². The molecule has 1 saturated heterocycles. The molecule has 1 aromatic carbocycles. The van der Waals surface area contributed by atoms with Crippen LogP contribution in [0.15, 0.2) is 18.2 Å². The first kappa shape index (κ1) is 19.8. The third kappa shape index (κ3) is 4.17. The Bertz CT molecular complexity index is 723. The van der Waals surface area contributed by atoms with Crippen molar-refractivity contribution in [3.8, 4) is 0 Å². The molecule has 1 aliphatic carbocycles. The van der Waals surface area contributed by atoms with E-state index < -0.39 is 5.54 Å². The zero-order valence-corrected chi connectivity index (χ0v) is 16.5. The predicted molar refractivity (Wildman–Crippen MR) is 103 cm³/mol. The van der Waals surface area contributed by atoms with Gasteiger partial charge in [0.2, 0.25) is 11.8 Å². The summed E-state index contributed by atoms with van der Waals surface area (Å²) in [6.45, 7) is 7.84. The van der Waals surface area contributed by atoms with Gasteiger partial charge in [0, 0.05) is 11.3 Å². The summed E-state index contributed by atoms with van der Waals surface area (Å²) in [7, 11) is 0. The van der Waals surface area contributed by atoms with Crippen LogP contribution in [0.5, 0.6) is 0 Å². The van der Waals surface area contributed by atoms with Crippen molar-refractivity contribution >= 4 is 11.8 Å². The summed E-state index contributed by atoms with van der Waals surface area (Å²) in [6, 6.07) is 6.30. The molecule has 27 heavy (non-hydrogen) atoms. The molecule has 1 heterocycles. The highest BCUT2D eigenvalue weighted by Gasteiger charge is 2.37. The van der Waals surface area contributed by atoms with Gasteiger partial charge in [-0.2, -0.15) is 0 Å². The highest BCUT2D eigenvalue weighted by atomic mass is 16.5. The molecule has 0 aromatic heterocycles. The second kappa shape index (κ2) is 7.60. The largest absolute Gasteiger partial charge is 0.347 e. The first-order valence-electron chi connectivity index (χ1n) is 9.85. The average molecular weight is 373 g/mol. The highest BCUT2D eigenvalue weighted by molar-refractivity contribution is 5.83. The van der Waals surface area contributed by atoms with Crippen LogP contribution in [-0.4, -0.2) is 30.1 Å². The number of aryl methyl sites for hydroxylation is 1. The van der Waals surface area contributed by atoms with Crippen LogP contribution in [0.2, 0.25) is 0 Å². The minimum absolute atomic E-state index is 0.101. The number of hydrogen-bond donors (Lipinski definition) is 4. The van der Waals surface area contributed by atoms with Gasteiger partial charge in [-0.25, -0.2) is 5.48 Å². The SMILES string of the molecule is CC1(C(=O)NC(C)(C)c2ccc3c(c2)CC(C(=O)NO)CC3)CCNCC1. The van der Waals surface area contributed by atoms with Crippen LogP contribution in [-0.2, 0) is 28.0 Å². The Morgan fingerprint density at radius 1 is 1.22 bits per heavy atom. The summed E-state index contributed by atoms with van der Waals surface area (Å²) < 4.78 is 0. The van der Waals surface area contributed by atoms with Crippen LogP contribution in [0.25, 0.3) is 0 Å². The molecule has 0 saturated carbocycles. The number of hydroxylamine groups is 1. The van der Waals surface area contributed by atoms with Gasteiger partial charge in [-0.1, -0.05) is 25.1 Å². The smallest absolute Gasteiger partial charge is 0.246 e. The van der Waals surface area contributed by atoms with Crippen molar-refractivity contribution in [3.05, 3.63) is 34.9 Å². The van der Waals surface area contributed by atoms with E-state index in [0.29, 0.717) is 6.42 Å². The molecule has 4 N–H and O–H groups in total. The summed E-state index contributed by atoms with van der Waals surface area (Å²) in [5, 5.41) is 15.5. The predicted octanol–water partition coefficient (Wildman–Crippen LogP) is 2.04. The lowest BCUT2D eigenvalue weighted by atomic mass is 9.78. The van der Waals surface area contributed by atoms with Crippen molar-refractivity contribution in [1.82, 2.24) is 16.1 Å². The van der Waals surface area contributed by atoms with Gasteiger partial charge in [0.15, 0.2) is 0 Å². The molecule has 2 aliphatic rings. The molecule has 0 radical (unpaired) electrons. The van der Waals surface area contributed by atoms with Crippen LogP contribution in [0.3, 0.4) is 0 Å². The van der Waals surface area contributed by atoms with Crippen LogP contribution >= 0.6 is 0 Å². The van der Waals surface area contributed by atoms with Crippen molar-refractivity contribution in [2.24, 2.45) is 11.3 Å². The van der Waals surface area contributed by atoms with Crippen LogP contribution in [0.1, 0.15) is 56.7 Å². The van der Waals surface area contributed by atoms with Gasteiger partial charge in [-0.05, 0) is 75.7 Å². The van der Waals surface area contributed by atoms with Gasteiger partial charge in [0.1, 0.15) is 0 Å². The Morgan fingerprint density at radius 2 is 1.93 bits per heavy atom. The minimum Gasteiger partial charge on any atom is -0.347 e. The molecular weight excluding hydrogens is 342 g/mol. The number of amides is 2. The Hall–Kier alpha value is -1.92. The summed E-state index contributed by atoms with van der Waals surface area (Å²) in [5.41, 5.74) is 4.36. The standard InChI is InChI=1S/C21H31N3O3/c1-20(2,23-19(26)21(3)8-10-22-11-9-21)17-7-6-14-4-5-15(18(25)24-27)12-16(14)13-17/h6-7,13,15,22,27H,4-5,8-12H2,1-3H3,(H,23,26)(H,24,25). The van der Waals surface area contributed by atoms with E-state index >= 15 is 0 Å². The molecule has 1 aliphatic heterocycles. The second-order valence-corrected chi connectivity index (χ2v) is 8.79. The second-order valence-electron chi connectivity index (χ2n) is 8.79. The van der Waals surface area contributed by atoms with Crippen molar-refractivity contribution in [2.75, 3.05) is 13.1 Å². The van der Waals surface area contributed by atoms with E-state index in [2.05, 4.69) is 28.8 Å². The van der Waals surface area contributed by atoms with E-state index in [0.717, 1.165) is 49.9 Å². The van der Waals surface area contributed by atoms with Gasteiger partial charge < -0.3 is 10.6 Å². The molecule has 3 rings (SSSR count). The maximum Gasteiger partial charge on any atom is 0.246 e. The van der Waals surface area contributed by atoms with Gasteiger partial charge in [0.05, 0.1) is 5.54 Å². The van der Waals surface area contributed by atoms with Crippen molar-refractivity contribution in [1.29, 1.82) is 0 Å². The van der Waals surface area contributed by atoms with Gasteiger partial charge in [-0.3, -0.25) is 14.8 Å². The van der Waals surface area contributed by atoms with Crippen LogP contribution in [0.4, 0.5) is 0 Å². The zero-order chi connectivity index (χ0) is 19.7. The number of carbonyl (C=O) groups excluding carboxylic acids is 2. The van der Waals surface area contributed by atoms with Gasteiger partial charge >= 0.3 is 0 Å². The van der Waals surface area contributed by atoms with E-state index in [1.54, 1.807) is 5.48 Å². The van der Waals surface area contributed by atoms with Crippen LogP contribution in [0, 0.1) is 11.3 Å². The lowest BCUT2D eigenvalue weighted by Crippen LogP contribution is -2.51. The molecule has 0 spiro atoms. The normalized spacial score (nSPS) is 21.9. The molecule has 0 bridgehead atoms. The number of piperidine rings is 1. The molecule has 6 nitrogen and oxygen atoms in total. The topological polar surface area (TPSA) is 90.5 Å². The molecule has 1 atom stereocenters. The Morgan fingerprint density at radius 3 is 2.59 bits per heavy atom. The molecule has 148 valence electrons. The Balaban J connectivity index is 1.77. The van der Waals surface area contributed by atoms with Crippen molar-refractivity contribution in [2.45, 2.75) is 58.4 Å². The molecule has 2 amide bonds. The third-order valence-corrected chi connectivity index (χ3v) is 6.32. The summed E-state index contributed by atoms with van der Waals surface area (Å²) in [6.07, 6.45) is 3.87. The maximum atomic E-state index is 13.0. The summed E-state index contributed by atoms with van der Waals surface area (Å²) in [5.74, 6) is -0.425. The van der Waals surface area contributed by atoms with E-state index in [1.807, 2.05) is 20.8 Å². The fourth-order valence-electron chi connectivity index (χ4n) is 4.17. The highest BCUT2D eigenvalue weighted by Crippen LogP contribution is 2.33. The molecule has 1 aromatic rings. The van der Waals surface area contributed by atoms with Crippen LogP contribution < -0.4 is 16.1 Å². The van der Waals surface area contributed by atoms with E-state index in [9.17, 15) is 9.59 Å². The van der Waals surface area contributed by atoms with E-state index in [-0.39, 0.29) is 23.1 Å². The number of fused-ring (bicyclic) bond motifs is 1. The lowest BCUT2D eigenvalue weighted by Gasteiger charge is -2.37. The Kier molecular flexibility index (Phi) is 5.58. The molecule has 1 fully saturated rings. The van der Waals surface area contributed by atoms with Gasteiger partial charge in [-0.15, -0.1) is 0 Å². The van der Waals surface area contributed by atoms with Crippen molar-refractivity contribution < 1.29 is 14.8 Å². The number of rotatable bonds is 4. The van der Waals surface area contributed by atoms with Crippen molar-refractivity contribution in [3.63, 3.8) is 0 Å². The maximum absolute atomic E-state index is 13.0. The number of carbonyl (C=O) groups is 2. The first-order valence-corrected chi connectivity index (χ1v) is 9.85. The molecular formula is C21H31N3O3. The first-order chi connectivity index (χ1) is 12.7. The number of nitrogens with one attached hydrogen (secondary N) is 3. The number of hydrogen-bond acceptors (Lipinski definition) is 4. The van der Waals surface area contributed by atoms with E-state index in [1.165, 1.54) is 5.56 Å². The Labute approximate surface area is 161 Å². The summed E-state index contributed by atoms with van der Waals surface area (Å²) in [4.78, 5) is 24.7.